The summed E-state index contributed by atoms with van der Waals surface area (Å²) >= 11 is 0. The first kappa shape index (κ1) is 13.4. The van der Waals surface area contributed by atoms with Crippen LogP contribution in [0.4, 0.5) is 0 Å². The first-order valence-corrected chi connectivity index (χ1v) is 6.30. The Labute approximate surface area is 94.6 Å². The largest absolute Gasteiger partial charge is 0.480 e. The summed E-state index contributed by atoms with van der Waals surface area (Å²) < 4.78 is 32.0. The summed E-state index contributed by atoms with van der Waals surface area (Å²) in [5.74, 6) is -1.22. The number of hydrogen-bond donors (Lipinski definition) is 2. The van der Waals surface area contributed by atoms with E-state index >= 15 is 0 Å². The van der Waals surface area contributed by atoms with Crippen molar-refractivity contribution in [2.75, 3.05) is 26.3 Å². The predicted octanol–water partition coefficient (Wildman–Crippen LogP) is -0.984. The fourth-order valence-corrected chi connectivity index (χ4v) is 2.71. The number of ether oxygens (including phenoxy) is 1. The number of nitrogens with one attached hydrogen (secondary N) is 1. The second-order valence-corrected chi connectivity index (χ2v) is 5.72. The van der Waals surface area contributed by atoms with Crippen LogP contribution in [-0.4, -0.2) is 55.6 Å². The number of rotatable bonds is 4. The van der Waals surface area contributed by atoms with Gasteiger partial charge in [-0.25, -0.2) is 0 Å². The van der Waals surface area contributed by atoms with Gasteiger partial charge in [0, 0.05) is 13.1 Å². The molecule has 0 aromatic carbocycles. The quantitative estimate of drug-likeness (QED) is 0.670. The lowest BCUT2D eigenvalue weighted by Crippen LogP contribution is -2.56. The molecule has 8 heteroatoms. The van der Waals surface area contributed by atoms with Crippen molar-refractivity contribution in [3.63, 3.8) is 0 Å². The van der Waals surface area contributed by atoms with Crippen molar-refractivity contribution >= 4 is 16.2 Å². The molecule has 1 fully saturated rings. The Morgan fingerprint density at radius 2 is 1.88 bits per heavy atom. The van der Waals surface area contributed by atoms with Gasteiger partial charge in [0.1, 0.15) is 5.54 Å². The number of carboxylic acids is 1. The van der Waals surface area contributed by atoms with E-state index in [1.54, 1.807) is 0 Å². The maximum Gasteiger partial charge on any atom is 0.324 e. The standard InChI is InChI=1S/C8H16N2O5S/c1-8(2,7(11)12)9-16(13,14)10-3-5-15-6-4-10/h9H,3-6H2,1-2H3,(H,11,12). The third kappa shape index (κ3) is 3.14. The topological polar surface area (TPSA) is 95.9 Å². The molecule has 7 nitrogen and oxygen atoms in total. The summed E-state index contributed by atoms with van der Waals surface area (Å²) in [5.41, 5.74) is -1.52. The molecule has 16 heavy (non-hydrogen) atoms. The molecule has 0 unspecified atom stereocenters. The lowest BCUT2D eigenvalue weighted by atomic mass is 10.1. The number of carboxylic acid groups (broad SMARTS) is 1. The third-order valence-corrected chi connectivity index (χ3v) is 4.04. The maximum atomic E-state index is 11.8. The van der Waals surface area contributed by atoms with Crippen molar-refractivity contribution in [2.45, 2.75) is 19.4 Å². The molecule has 0 aliphatic carbocycles. The van der Waals surface area contributed by atoms with Crippen LogP contribution in [-0.2, 0) is 19.7 Å². The molecule has 0 aromatic heterocycles. The van der Waals surface area contributed by atoms with Crippen LogP contribution in [0, 0.1) is 0 Å². The zero-order valence-electron chi connectivity index (χ0n) is 9.26. The molecule has 1 heterocycles. The molecule has 0 aromatic rings. The van der Waals surface area contributed by atoms with Gasteiger partial charge in [0.2, 0.25) is 0 Å². The lowest BCUT2D eigenvalue weighted by Gasteiger charge is -2.29. The summed E-state index contributed by atoms with van der Waals surface area (Å²) in [4.78, 5) is 10.8. The Balaban J connectivity index is 2.74. The van der Waals surface area contributed by atoms with Gasteiger partial charge in [-0.3, -0.25) is 4.79 Å². The van der Waals surface area contributed by atoms with Gasteiger partial charge < -0.3 is 9.84 Å². The Morgan fingerprint density at radius 1 is 1.38 bits per heavy atom. The molecule has 0 atom stereocenters. The Morgan fingerprint density at radius 3 is 2.31 bits per heavy atom. The number of hydrogen-bond acceptors (Lipinski definition) is 4. The highest BCUT2D eigenvalue weighted by atomic mass is 32.2. The second kappa shape index (κ2) is 4.66. The average Bonchev–Trinajstić information content (AvgIpc) is 2.17. The molecule has 2 N–H and O–H groups in total. The van der Waals surface area contributed by atoms with E-state index in [1.165, 1.54) is 18.2 Å². The lowest BCUT2D eigenvalue weighted by molar-refractivity contribution is -0.142. The van der Waals surface area contributed by atoms with E-state index in [1.807, 2.05) is 0 Å². The van der Waals surface area contributed by atoms with Gasteiger partial charge in [0.05, 0.1) is 13.2 Å². The molecule has 0 radical (unpaired) electrons. The van der Waals surface area contributed by atoms with Crippen LogP contribution in [0.3, 0.4) is 0 Å². The molecule has 0 spiro atoms. The van der Waals surface area contributed by atoms with Crippen LogP contribution < -0.4 is 4.72 Å². The molecule has 1 aliphatic rings. The Hall–Kier alpha value is -0.700. The zero-order chi connectivity index (χ0) is 12.4. The normalized spacial score (nSPS) is 19.6. The van der Waals surface area contributed by atoms with Crippen molar-refractivity contribution in [3.05, 3.63) is 0 Å². The molecule has 94 valence electrons. The number of morpholine rings is 1. The number of nitrogens with zero attached hydrogens (tertiary/aromatic N) is 1. The van der Waals surface area contributed by atoms with Gasteiger partial charge in [0.25, 0.3) is 10.2 Å². The Kier molecular flexibility index (Phi) is 3.89. The molecular formula is C8H16N2O5S. The summed E-state index contributed by atoms with van der Waals surface area (Å²) in [7, 11) is -3.76. The van der Waals surface area contributed by atoms with E-state index in [4.69, 9.17) is 9.84 Å². The fraction of sp³-hybridized carbons (Fsp3) is 0.875. The van der Waals surface area contributed by atoms with E-state index < -0.39 is 21.7 Å². The van der Waals surface area contributed by atoms with Crippen LogP contribution in [0.5, 0.6) is 0 Å². The molecular weight excluding hydrogens is 236 g/mol. The fourth-order valence-electron chi connectivity index (χ4n) is 1.22. The van der Waals surface area contributed by atoms with Crippen molar-refractivity contribution in [1.82, 2.24) is 9.03 Å². The SMILES string of the molecule is CC(C)(NS(=O)(=O)N1CCOCC1)C(=O)O. The summed E-state index contributed by atoms with van der Waals surface area (Å²) in [6, 6.07) is 0. The van der Waals surface area contributed by atoms with E-state index in [-0.39, 0.29) is 13.1 Å². The number of carbonyl (C=O) groups is 1. The third-order valence-electron chi connectivity index (χ3n) is 2.23. The monoisotopic (exact) mass is 252 g/mol. The highest BCUT2D eigenvalue weighted by Crippen LogP contribution is 2.09. The van der Waals surface area contributed by atoms with E-state index in [0.717, 1.165) is 0 Å². The van der Waals surface area contributed by atoms with E-state index in [0.29, 0.717) is 13.2 Å². The summed E-state index contributed by atoms with van der Waals surface area (Å²) in [6.45, 7) is 3.74. The summed E-state index contributed by atoms with van der Waals surface area (Å²) in [5, 5.41) is 8.83. The minimum atomic E-state index is -3.76. The van der Waals surface area contributed by atoms with Gasteiger partial charge in [0.15, 0.2) is 0 Å². The van der Waals surface area contributed by atoms with Gasteiger partial charge in [-0.2, -0.15) is 17.4 Å². The predicted molar refractivity (Wildman–Crippen MR) is 56.2 cm³/mol. The Bertz CT molecular complexity index is 359. The molecule has 1 saturated heterocycles. The minimum Gasteiger partial charge on any atom is -0.480 e. The highest BCUT2D eigenvalue weighted by Gasteiger charge is 2.35. The first-order chi connectivity index (χ1) is 7.26. The van der Waals surface area contributed by atoms with E-state index in [2.05, 4.69) is 4.72 Å². The van der Waals surface area contributed by atoms with Gasteiger partial charge in [-0.15, -0.1) is 0 Å². The number of aliphatic carboxylic acids is 1. The first-order valence-electron chi connectivity index (χ1n) is 4.86. The summed E-state index contributed by atoms with van der Waals surface area (Å²) in [6.07, 6.45) is 0. The van der Waals surface area contributed by atoms with Crippen molar-refractivity contribution in [2.24, 2.45) is 0 Å². The van der Waals surface area contributed by atoms with Crippen LogP contribution in [0.1, 0.15) is 13.8 Å². The molecule has 1 aliphatic heterocycles. The van der Waals surface area contributed by atoms with Crippen LogP contribution in [0.2, 0.25) is 0 Å². The van der Waals surface area contributed by atoms with Crippen molar-refractivity contribution in [3.8, 4) is 0 Å². The van der Waals surface area contributed by atoms with Crippen LogP contribution >= 0.6 is 0 Å². The van der Waals surface area contributed by atoms with Gasteiger partial charge >= 0.3 is 5.97 Å². The van der Waals surface area contributed by atoms with Crippen LogP contribution in [0.25, 0.3) is 0 Å². The van der Waals surface area contributed by atoms with Crippen LogP contribution in [0.15, 0.2) is 0 Å². The second-order valence-electron chi connectivity index (χ2n) is 4.05. The maximum absolute atomic E-state index is 11.8. The average molecular weight is 252 g/mol. The van der Waals surface area contributed by atoms with Crippen molar-refractivity contribution < 1.29 is 23.1 Å². The highest BCUT2D eigenvalue weighted by molar-refractivity contribution is 7.87. The van der Waals surface area contributed by atoms with E-state index in [9.17, 15) is 13.2 Å². The molecule has 0 amide bonds. The van der Waals surface area contributed by atoms with Gasteiger partial charge in [-0.1, -0.05) is 0 Å². The molecule has 0 saturated carbocycles. The zero-order valence-corrected chi connectivity index (χ0v) is 10.1. The minimum absolute atomic E-state index is 0.241. The molecule has 1 rings (SSSR count). The van der Waals surface area contributed by atoms with Crippen molar-refractivity contribution in [1.29, 1.82) is 0 Å². The molecule has 0 bridgehead atoms. The van der Waals surface area contributed by atoms with Gasteiger partial charge in [-0.05, 0) is 13.8 Å². The smallest absolute Gasteiger partial charge is 0.324 e.